The van der Waals surface area contributed by atoms with Gasteiger partial charge in [-0.15, -0.1) is 0 Å². The number of aliphatic hydroxyl groups excluding tert-OH is 5. The molecular formula is C64H113NO8. The van der Waals surface area contributed by atoms with Gasteiger partial charge >= 0.3 is 0 Å². The topological polar surface area (TPSA) is 149 Å². The van der Waals surface area contributed by atoms with Crippen molar-refractivity contribution in [2.75, 3.05) is 13.2 Å². The molecule has 0 bridgehead atoms. The number of rotatable bonds is 51. The standard InChI is InChI=1S/C64H113NO8/c1-3-5-7-9-11-13-15-17-19-21-23-25-26-27-28-29-30-31-32-34-36-38-40-42-44-46-48-50-52-54-60(68)65-57(56-72-64-63(71)62(70)61(69)59(55-66)73-64)58(67)53-51-49-47-45-43-41-39-37-35-33-24-22-20-18-16-14-12-10-8-6-4-2/h5,7,11,13,17,19,23,25,27-28,30-31,51,53,57-59,61-64,66-67,69-71H,3-4,6,8-10,12,14-16,18,20-22,24,26,29,32-50,52,54-56H2,1-2H3,(H,65,68)/b7-5-,13-11-,19-17-,25-23-,28-27-,31-30-,53-51+. The van der Waals surface area contributed by atoms with E-state index in [1.54, 1.807) is 6.08 Å². The van der Waals surface area contributed by atoms with Crippen LogP contribution in [0.1, 0.15) is 258 Å². The second kappa shape index (κ2) is 52.8. The Labute approximate surface area is 448 Å². The summed E-state index contributed by atoms with van der Waals surface area (Å²) in [7, 11) is 0. The van der Waals surface area contributed by atoms with Gasteiger partial charge in [0.2, 0.25) is 5.91 Å². The lowest BCUT2D eigenvalue weighted by Crippen LogP contribution is -2.60. The molecular weight excluding hydrogens is 911 g/mol. The summed E-state index contributed by atoms with van der Waals surface area (Å²) < 4.78 is 11.3. The average Bonchev–Trinajstić information content (AvgIpc) is 3.39. The number of ether oxygens (including phenoxy) is 2. The Morgan fingerprint density at radius 3 is 1.26 bits per heavy atom. The monoisotopic (exact) mass is 1020 g/mol. The first-order valence-corrected chi connectivity index (χ1v) is 30.3. The SMILES string of the molecule is CC/C=C\C/C=C\C/C=C\C/C=C\C/C=C\C/C=C\CCCCCCCCCCCCC(=O)NC(COC1OC(CO)C(O)C(O)C1O)C(O)/C=C/CCCCCCCCCCCCCCCCCCCCC. The molecule has 0 aliphatic carbocycles. The fourth-order valence-corrected chi connectivity index (χ4v) is 9.22. The van der Waals surface area contributed by atoms with Crippen molar-refractivity contribution in [1.82, 2.24) is 5.32 Å². The Kier molecular flexibility index (Phi) is 49.5. The van der Waals surface area contributed by atoms with Crippen LogP contribution in [0.3, 0.4) is 0 Å². The second-order valence-corrected chi connectivity index (χ2v) is 20.8. The third kappa shape index (κ3) is 42.2. The molecule has 1 amide bonds. The molecule has 1 fully saturated rings. The van der Waals surface area contributed by atoms with E-state index in [1.807, 2.05) is 6.08 Å². The molecule has 0 saturated carbocycles. The molecule has 7 unspecified atom stereocenters. The van der Waals surface area contributed by atoms with Gasteiger partial charge in [0.1, 0.15) is 24.4 Å². The average molecular weight is 1020 g/mol. The number of unbranched alkanes of at least 4 members (excludes halogenated alkanes) is 29. The van der Waals surface area contributed by atoms with Gasteiger partial charge in [-0.05, 0) is 70.6 Å². The van der Waals surface area contributed by atoms with Gasteiger partial charge in [-0.25, -0.2) is 0 Å². The molecule has 0 aromatic heterocycles. The molecule has 0 aromatic rings. The molecule has 422 valence electrons. The molecule has 6 N–H and O–H groups in total. The van der Waals surface area contributed by atoms with E-state index in [0.717, 1.165) is 83.5 Å². The van der Waals surface area contributed by atoms with E-state index in [9.17, 15) is 30.3 Å². The Morgan fingerprint density at radius 1 is 0.479 bits per heavy atom. The highest BCUT2D eigenvalue weighted by Gasteiger charge is 2.44. The molecule has 1 aliphatic rings. The van der Waals surface area contributed by atoms with Crippen molar-refractivity contribution >= 4 is 5.91 Å². The van der Waals surface area contributed by atoms with Crippen LogP contribution in [0.5, 0.6) is 0 Å². The third-order valence-corrected chi connectivity index (χ3v) is 14.0. The maximum atomic E-state index is 13.1. The quantitative estimate of drug-likeness (QED) is 0.0261. The van der Waals surface area contributed by atoms with Gasteiger partial charge in [0, 0.05) is 6.42 Å². The van der Waals surface area contributed by atoms with E-state index in [1.165, 1.54) is 154 Å². The number of carbonyl (C=O) groups is 1. The second-order valence-electron chi connectivity index (χ2n) is 20.8. The van der Waals surface area contributed by atoms with E-state index in [-0.39, 0.29) is 12.5 Å². The molecule has 0 radical (unpaired) electrons. The summed E-state index contributed by atoms with van der Waals surface area (Å²) in [4.78, 5) is 13.1. The van der Waals surface area contributed by atoms with Crippen LogP contribution in [0.2, 0.25) is 0 Å². The Balaban J connectivity index is 2.22. The van der Waals surface area contributed by atoms with Crippen LogP contribution in [0.15, 0.2) is 85.1 Å². The zero-order chi connectivity index (χ0) is 52.9. The summed E-state index contributed by atoms with van der Waals surface area (Å²) in [6, 6.07) is -0.813. The number of hydrogen-bond acceptors (Lipinski definition) is 8. The van der Waals surface area contributed by atoms with Crippen LogP contribution < -0.4 is 5.32 Å². The van der Waals surface area contributed by atoms with Gasteiger partial charge < -0.3 is 40.3 Å². The summed E-state index contributed by atoms with van der Waals surface area (Å²) >= 11 is 0. The number of nitrogens with one attached hydrogen (secondary N) is 1. The summed E-state index contributed by atoms with van der Waals surface area (Å²) in [6.45, 7) is 3.68. The molecule has 0 aromatic carbocycles. The number of amides is 1. The molecule has 9 nitrogen and oxygen atoms in total. The van der Waals surface area contributed by atoms with Crippen LogP contribution in [-0.2, 0) is 14.3 Å². The molecule has 1 heterocycles. The first kappa shape index (κ1) is 68.4. The molecule has 1 saturated heterocycles. The lowest BCUT2D eigenvalue weighted by molar-refractivity contribution is -0.302. The van der Waals surface area contributed by atoms with E-state index in [2.05, 4.69) is 92.1 Å². The lowest BCUT2D eigenvalue weighted by Gasteiger charge is -2.40. The lowest BCUT2D eigenvalue weighted by atomic mass is 9.99. The minimum Gasteiger partial charge on any atom is -0.394 e. The highest BCUT2D eigenvalue weighted by molar-refractivity contribution is 5.76. The Morgan fingerprint density at radius 2 is 0.849 bits per heavy atom. The number of hydrogen-bond donors (Lipinski definition) is 6. The van der Waals surface area contributed by atoms with Gasteiger partial charge in [0.25, 0.3) is 0 Å². The van der Waals surface area contributed by atoms with Gasteiger partial charge in [-0.2, -0.15) is 0 Å². The smallest absolute Gasteiger partial charge is 0.220 e. The molecule has 73 heavy (non-hydrogen) atoms. The summed E-state index contributed by atoms with van der Waals surface area (Å²) in [5.41, 5.74) is 0. The molecule has 1 aliphatic heterocycles. The van der Waals surface area contributed by atoms with Gasteiger partial charge in [0.15, 0.2) is 6.29 Å². The predicted molar refractivity (Wildman–Crippen MR) is 308 cm³/mol. The van der Waals surface area contributed by atoms with Crippen LogP contribution in [-0.4, -0.2) is 87.5 Å². The molecule has 1 rings (SSSR count). The third-order valence-electron chi connectivity index (χ3n) is 14.0. The Hall–Kier alpha value is -2.63. The maximum Gasteiger partial charge on any atom is 0.220 e. The van der Waals surface area contributed by atoms with E-state index < -0.39 is 49.5 Å². The predicted octanol–water partition coefficient (Wildman–Crippen LogP) is 15.4. The summed E-state index contributed by atoms with van der Waals surface area (Å²) in [5.74, 6) is -0.183. The first-order valence-electron chi connectivity index (χ1n) is 30.3. The van der Waals surface area contributed by atoms with E-state index in [0.29, 0.717) is 6.42 Å². The maximum absolute atomic E-state index is 13.1. The van der Waals surface area contributed by atoms with Crippen molar-refractivity contribution in [3.63, 3.8) is 0 Å². The minimum atomic E-state index is -1.57. The van der Waals surface area contributed by atoms with Crippen molar-refractivity contribution in [2.45, 2.75) is 301 Å². The fraction of sp³-hybridized carbons (Fsp3) is 0.766. The zero-order valence-electron chi connectivity index (χ0n) is 46.9. The number of carbonyl (C=O) groups excluding carboxylic acids is 1. The first-order chi connectivity index (χ1) is 35.8. The Bertz CT molecular complexity index is 1420. The van der Waals surface area contributed by atoms with E-state index >= 15 is 0 Å². The van der Waals surface area contributed by atoms with Crippen LogP contribution in [0.4, 0.5) is 0 Å². The van der Waals surface area contributed by atoms with Crippen LogP contribution in [0, 0.1) is 0 Å². The molecule has 7 atom stereocenters. The van der Waals surface area contributed by atoms with Crippen molar-refractivity contribution in [2.24, 2.45) is 0 Å². The van der Waals surface area contributed by atoms with Crippen molar-refractivity contribution in [3.05, 3.63) is 85.1 Å². The highest BCUT2D eigenvalue weighted by Crippen LogP contribution is 2.23. The largest absolute Gasteiger partial charge is 0.394 e. The zero-order valence-corrected chi connectivity index (χ0v) is 46.9. The van der Waals surface area contributed by atoms with Gasteiger partial charge in [-0.3, -0.25) is 4.79 Å². The molecule has 9 heteroatoms. The highest BCUT2D eigenvalue weighted by atomic mass is 16.7. The van der Waals surface area contributed by atoms with Crippen molar-refractivity contribution in [3.8, 4) is 0 Å². The van der Waals surface area contributed by atoms with Gasteiger partial charge in [-0.1, -0.05) is 266 Å². The summed E-state index contributed by atoms with van der Waals surface area (Å²) in [6.07, 6.45) is 67.9. The van der Waals surface area contributed by atoms with Crippen LogP contribution >= 0.6 is 0 Å². The van der Waals surface area contributed by atoms with Gasteiger partial charge in [0.05, 0.1) is 25.4 Å². The van der Waals surface area contributed by atoms with E-state index in [4.69, 9.17) is 9.47 Å². The van der Waals surface area contributed by atoms with Crippen molar-refractivity contribution < 1.29 is 39.8 Å². The fourth-order valence-electron chi connectivity index (χ4n) is 9.22. The summed E-state index contributed by atoms with van der Waals surface area (Å²) in [5, 5.41) is 54.6. The van der Waals surface area contributed by atoms with Crippen LogP contribution in [0.25, 0.3) is 0 Å². The van der Waals surface area contributed by atoms with Crippen molar-refractivity contribution in [1.29, 1.82) is 0 Å². The normalized spacial score (nSPS) is 19.7. The number of aliphatic hydroxyl groups is 5. The minimum absolute atomic E-state index is 0.183. The molecule has 0 spiro atoms. The number of allylic oxidation sites excluding steroid dienone is 13.